The molecule has 0 bridgehead atoms. The molecule has 0 aromatic heterocycles. The van der Waals surface area contributed by atoms with Gasteiger partial charge in [0.1, 0.15) is 0 Å². The summed E-state index contributed by atoms with van der Waals surface area (Å²) in [6, 6.07) is 0. The summed E-state index contributed by atoms with van der Waals surface area (Å²) < 4.78 is 27.5. The minimum absolute atomic E-state index is 0.0960. The molecule has 0 unspecified atom stereocenters. The molecule has 0 spiro atoms. The van der Waals surface area contributed by atoms with Crippen LogP contribution in [0, 0.1) is 5.41 Å². The van der Waals surface area contributed by atoms with Crippen molar-refractivity contribution >= 4 is 19.7 Å². The van der Waals surface area contributed by atoms with Gasteiger partial charge in [-0.15, -0.1) is 0 Å². The molecule has 0 aliphatic carbocycles. The maximum Gasteiger partial charge on any atom is 0.233 e. The second kappa shape index (κ2) is 4.81. The fourth-order valence-corrected chi connectivity index (χ4v) is 4.03. The van der Waals surface area contributed by atoms with Gasteiger partial charge >= 0.3 is 0 Å². The van der Waals surface area contributed by atoms with Crippen LogP contribution in [0.15, 0.2) is 0 Å². The molecule has 1 heterocycles. The topological polar surface area (TPSA) is 43.4 Å². The lowest BCUT2D eigenvalue weighted by atomic mass is 9.78. The molecule has 0 N–H and O–H groups in total. The minimum atomic E-state index is -3.39. The van der Waals surface area contributed by atoms with E-state index in [9.17, 15) is 8.42 Å². The quantitative estimate of drug-likeness (QED) is 0.708. The van der Waals surface area contributed by atoms with Crippen LogP contribution < -0.4 is 0 Å². The zero-order valence-corrected chi connectivity index (χ0v) is 10.0. The van der Waals surface area contributed by atoms with Gasteiger partial charge in [0, 0.05) is 23.9 Å². The summed E-state index contributed by atoms with van der Waals surface area (Å²) in [7, 11) is 1.94. The Labute approximate surface area is 90.2 Å². The molecular formula is C9H17ClO3S. The van der Waals surface area contributed by atoms with Gasteiger partial charge in [0.15, 0.2) is 0 Å². The highest BCUT2D eigenvalue weighted by atomic mass is 35.7. The van der Waals surface area contributed by atoms with Crippen LogP contribution in [0.25, 0.3) is 0 Å². The predicted molar refractivity (Wildman–Crippen MR) is 57.0 cm³/mol. The van der Waals surface area contributed by atoms with Gasteiger partial charge in [-0.2, -0.15) is 0 Å². The molecule has 1 rings (SSSR count). The van der Waals surface area contributed by atoms with Gasteiger partial charge in [0.05, 0.1) is 5.75 Å². The first-order chi connectivity index (χ1) is 6.47. The molecule has 3 nitrogen and oxygen atoms in total. The smallest absolute Gasteiger partial charge is 0.233 e. The number of ether oxygens (including phenoxy) is 1. The van der Waals surface area contributed by atoms with Crippen molar-refractivity contribution in [3.8, 4) is 0 Å². The third-order valence-corrected chi connectivity index (χ3v) is 4.10. The average molecular weight is 241 g/mol. The molecule has 0 amide bonds. The summed E-state index contributed by atoms with van der Waals surface area (Å²) in [5.41, 5.74) is -0.131. The fourth-order valence-electron chi connectivity index (χ4n) is 2.17. The molecule has 5 heteroatoms. The fraction of sp³-hybridized carbons (Fsp3) is 1.00. The molecule has 14 heavy (non-hydrogen) atoms. The van der Waals surface area contributed by atoms with Crippen LogP contribution in [0.3, 0.4) is 0 Å². The lowest BCUT2D eigenvalue weighted by Gasteiger charge is -2.35. The normalized spacial score (nSPS) is 22.1. The van der Waals surface area contributed by atoms with Crippen molar-refractivity contribution in [3.63, 3.8) is 0 Å². The highest BCUT2D eigenvalue weighted by molar-refractivity contribution is 8.13. The van der Waals surface area contributed by atoms with E-state index in [1.54, 1.807) is 0 Å². The number of halogens is 1. The second-order valence-corrected chi connectivity index (χ2v) is 6.82. The standard InChI is InChI=1S/C9H17ClO3S/c1-2-3-9(8-14(10,11)12)4-6-13-7-5-9/h2-8H2,1H3. The van der Waals surface area contributed by atoms with Crippen molar-refractivity contribution in [3.05, 3.63) is 0 Å². The first kappa shape index (κ1) is 12.3. The van der Waals surface area contributed by atoms with E-state index in [-0.39, 0.29) is 11.2 Å². The maximum absolute atomic E-state index is 11.1. The Hall–Kier alpha value is 0.200. The molecule has 0 radical (unpaired) electrons. The third kappa shape index (κ3) is 3.75. The zero-order valence-electron chi connectivity index (χ0n) is 8.46. The Morgan fingerprint density at radius 1 is 1.36 bits per heavy atom. The molecule has 0 saturated carbocycles. The summed E-state index contributed by atoms with van der Waals surface area (Å²) in [6.07, 6.45) is 3.54. The van der Waals surface area contributed by atoms with E-state index < -0.39 is 9.05 Å². The second-order valence-electron chi connectivity index (χ2n) is 4.05. The Morgan fingerprint density at radius 2 is 1.93 bits per heavy atom. The number of hydrogen-bond donors (Lipinski definition) is 0. The molecule has 0 aromatic carbocycles. The van der Waals surface area contributed by atoms with Crippen molar-refractivity contribution in [2.24, 2.45) is 5.41 Å². The lowest BCUT2D eigenvalue weighted by Crippen LogP contribution is -2.35. The Balaban J connectivity index is 2.70. The van der Waals surface area contributed by atoms with E-state index >= 15 is 0 Å². The van der Waals surface area contributed by atoms with Crippen molar-refractivity contribution < 1.29 is 13.2 Å². The Morgan fingerprint density at radius 3 is 2.36 bits per heavy atom. The van der Waals surface area contributed by atoms with E-state index in [0.29, 0.717) is 13.2 Å². The van der Waals surface area contributed by atoms with Crippen LogP contribution in [-0.4, -0.2) is 27.4 Å². The van der Waals surface area contributed by atoms with Gasteiger partial charge in [0.2, 0.25) is 9.05 Å². The van der Waals surface area contributed by atoms with Crippen LogP contribution in [0.2, 0.25) is 0 Å². The minimum Gasteiger partial charge on any atom is -0.381 e. The summed E-state index contributed by atoms with van der Waals surface area (Å²) in [5.74, 6) is 0.0960. The Kier molecular flexibility index (Phi) is 4.22. The van der Waals surface area contributed by atoms with Crippen LogP contribution in [-0.2, 0) is 13.8 Å². The molecule has 84 valence electrons. The van der Waals surface area contributed by atoms with E-state index in [4.69, 9.17) is 15.4 Å². The van der Waals surface area contributed by atoms with Gasteiger partial charge < -0.3 is 4.74 Å². The summed E-state index contributed by atoms with van der Waals surface area (Å²) in [4.78, 5) is 0. The summed E-state index contributed by atoms with van der Waals surface area (Å²) >= 11 is 0. The first-order valence-corrected chi connectivity index (χ1v) is 7.45. The van der Waals surface area contributed by atoms with E-state index in [1.807, 2.05) is 0 Å². The van der Waals surface area contributed by atoms with Crippen molar-refractivity contribution in [2.45, 2.75) is 32.6 Å². The summed E-state index contributed by atoms with van der Waals surface area (Å²) in [6.45, 7) is 3.39. The SMILES string of the molecule is CCCC1(CS(=O)(=O)Cl)CCOCC1. The highest BCUT2D eigenvalue weighted by Crippen LogP contribution is 2.37. The van der Waals surface area contributed by atoms with Gasteiger partial charge in [-0.25, -0.2) is 8.42 Å². The van der Waals surface area contributed by atoms with Crippen LogP contribution in [0.4, 0.5) is 0 Å². The van der Waals surface area contributed by atoms with Crippen molar-refractivity contribution in [1.82, 2.24) is 0 Å². The molecule has 1 aliphatic rings. The molecule has 0 atom stereocenters. The predicted octanol–water partition coefficient (Wildman–Crippen LogP) is 2.15. The molecule has 1 fully saturated rings. The monoisotopic (exact) mass is 240 g/mol. The molecule has 1 saturated heterocycles. The van der Waals surface area contributed by atoms with Crippen LogP contribution >= 0.6 is 10.7 Å². The maximum atomic E-state index is 11.1. The van der Waals surface area contributed by atoms with E-state index in [2.05, 4.69) is 6.92 Å². The van der Waals surface area contributed by atoms with Crippen molar-refractivity contribution in [1.29, 1.82) is 0 Å². The van der Waals surface area contributed by atoms with Crippen LogP contribution in [0.5, 0.6) is 0 Å². The largest absolute Gasteiger partial charge is 0.381 e. The van der Waals surface area contributed by atoms with Gasteiger partial charge in [-0.05, 0) is 24.7 Å². The van der Waals surface area contributed by atoms with Crippen molar-refractivity contribution in [2.75, 3.05) is 19.0 Å². The van der Waals surface area contributed by atoms with Gasteiger partial charge in [0.25, 0.3) is 0 Å². The van der Waals surface area contributed by atoms with E-state index in [1.165, 1.54) is 0 Å². The highest BCUT2D eigenvalue weighted by Gasteiger charge is 2.35. The number of hydrogen-bond acceptors (Lipinski definition) is 3. The molecular weight excluding hydrogens is 224 g/mol. The van der Waals surface area contributed by atoms with E-state index in [0.717, 1.165) is 25.7 Å². The lowest BCUT2D eigenvalue weighted by molar-refractivity contribution is 0.0213. The molecule has 0 aromatic rings. The first-order valence-electron chi connectivity index (χ1n) is 4.97. The van der Waals surface area contributed by atoms with Crippen LogP contribution in [0.1, 0.15) is 32.6 Å². The molecule has 1 aliphatic heterocycles. The van der Waals surface area contributed by atoms with Gasteiger partial charge in [-0.1, -0.05) is 13.3 Å². The average Bonchev–Trinajstić information content (AvgIpc) is 2.02. The Bertz CT molecular complexity index is 262. The number of rotatable bonds is 4. The summed E-state index contributed by atoms with van der Waals surface area (Å²) in [5, 5.41) is 0. The third-order valence-electron chi connectivity index (χ3n) is 2.81. The zero-order chi connectivity index (χ0) is 10.7. The van der Waals surface area contributed by atoms with Gasteiger partial charge in [-0.3, -0.25) is 0 Å².